The summed E-state index contributed by atoms with van der Waals surface area (Å²) in [6.45, 7) is 0.512. The highest BCUT2D eigenvalue weighted by atomic mass is 35.5. The summed E-state index contributed by atoms with van der Waals surface area (Å²) in [5.74, 6) is -0.0292. The molecule has 1 aliphatic carbocycles. The highest BCUT2D eigenvalue weighted by Crippen LogP contribution is 2.45. The van der Waals surface area contributed by atoms with Gasteiger partial charge in [-0.05, 0) is 25.7 Å². The molecule has 1 saturated heterocycles. The third kappa shape index (κ3) is 4.07. The number of nitrogens with zero attached hydrogens (tertiary/aromatic N) is 4. The summed E-state index contributed by atoms with van der Waals surface area (Å²) in [6.07, 6.45) is 4.67. The van der Waals surface area contributed by atoms with E-state index in [4.69, 9.17) is 17.3 Å². The molecule has 0 aromatic carbocycles. The quantitative estimate of drug-likeness (QED) is 0.824. The van der Waals surface area contributed by atoms with Gasteiger partial charge in [0.2, 0.25) is 16.0 Å². The molecule has 0 amide bonds. The van der Waals surface area contributed by atoms with Crippen LogP contribution in [0.15, 0.2) is 6.20 Å². The minimum absolute atomic E-state index is 0.0405. The van der Waals surface area contributed by atoms with Crippen molar-refractivity contribution in [3.05, 3.63) is 22.7 Å². The summed E-state index contributed by atoms with van der Waals surface area (Å²) in [5.41, 5.74) is 6.47. The molecule has 11 heteroatoms. The first-order valence-electron chi connectivity index (χ1n) is 8.25. The van der Waals surface area contributed by atoms with E-state index in [-0.39, 0.29) is 23.0 Å². The van der Waals surface area contributed by atoms with Crippen LogP contribution in [-0.4, -0.2) is 52.8 Å². The molecule has 2 aromatic heterocycles. The third-order valence-corrected chi connectivity index (χ3v) is 6.01. The number of halogens is 3. The molecule has 1 atom stereocenters. The first-order valence-corrected chi connectivity index (χ1v) is 10.5. The molecule has 144 valence electrons. The summed E-state index contributed by atoms with van der Waals surface area (Å²) < 4.78 is 50.8. The van der Waals surface area contributed by atoms with Crippen LogP contribution >= 0.6 is 11.6 Å². The van der Waals surface area contributed by atoms with Gasteiger partial charge in [0.15, 0.2) is 5.82 Å². The lowest BCUT2D eigenvalue weighted by Gasteiger charge is -2.26. The molecule has 2 aromatic rings. The molecule has 1 unspecified atom stereocenters. The zero-order valence-electron chi connectivity index (χ0n) is 14.2. The third-order valence-electron chi connectivity index (χ3n) is 4.38. The Morgan fingerprint density at radius 1 is 1.35 bits per heavy atom. The van der Waals surface area contributed by atoms with Gasteiger partial charge in [-0.3, -0.25) is 0 Å². The lowest BCUT2D eigenvalue weighted by atomic mass is 10.1. The van der Waals surface area contributed by atoms with Crippen molar-refractivity contribution in [3.8, 4) is 0 Å². The minimum atomic E-state index is -3.17. The van der Waals surface area contributed by atoms with Gasteiger partial charge in [-0.2, -0.15) is 4.31 Å². The molecule has 7 nitrogen and oxygen atoms in total. The Kier molecular flexibility index (Phi) is 5.36. The van der Waals surface area contributed by atoms with Gasteiger partial charge in [0.05, 0.1) is 18.1 Å². The maximum Gasteiger partial charge on any atom is 0.238 e. The van der Waals surface area contributed by atoms with Crippen molar-refractivity contribution in [2.45, 2.75) is 37.8 Å². The van der Waals surface area contributed by atoms with Gasteiger partial charge in [0.25, 0.3) is 0 Å². The highest BCUT2D eigenvalue weighted by molar-refractivity contribution is 7.88. The summed E-state index contributed by atoms with van der Waals surface area (Å²) in [4.78, 5) is 3.75. The van der Waals surface area contributed by atoms with Gasteiger partial charge in [-0.25, -0.2) is 26.7 Å². The predicted molar refractivity (Wildman–Crippen MR) is 94.9 cm³/mol. The van der Waals surface area contributed by atoms with Crippen LogP contribution in [0.4, 0.5) is 14.7 Å². The second kappa shape index (κ2) is 7.24. The fraction of sp³-hybridized carbons (Fsp3) is 0.600. The number of hydrogen-bond acceptors (Lipinski definition) is 5. The Bertz CT molecular complexity index is 916. The van der Waals surface area contributed by atoms with Crippen LogP contribution in [0.2, 0.25) is 5.02 Å². The first kappa shape index (κ1) is 19.2. The SMILES string of the molecule is CS(=O)(=O)N1CCCC(F)C1.Nc1ncc2c(F)c(Cl)c(C3CC3)n2n1. The van der Waals surface area contributed by atoms with E-state index < -0.39 is 22.0 Å². The van der Waals surface area contributed by atoms with Gasteiger partial charge in [0, 0.05) is 19.0 Å². The van der Waals surface area contributed by atoms with Crippen LogP contribution in [0.1, 0.15) is 37.3 Å². The summed E-state index contributed by atoms with van der Waals surface area (Å²) in [6, 6.07) is 0. The van der Waals surface area contributed by atoms with Crippen LogP contribution in [0.3, 0.4) is 0 Å². The number of nitrogen functional groups attached to an aromatic ring is 1. The number of hydrogen-bond donors (Lipinski definition) is 1. The van der Waals surface area contributed by atoms with E-state index in [0.717, 1.165) is 24.8 Å². The Hall–Kier alpha value is -1.52. The smallest absolute Gasteiger partial charge is 0.238 e. The van der Waals surface area contributed by atoms with E-state index in [1.807, 2.05) is 0 Å². The number of sulfonamides is 1. The van der Waals surface area contributed by atoms with E-state index in [9.17, 15) is 17.2 Å². The molecule has 2 fully saturated rings. The fourth-order valence-electron chi connectivity index (χ4n) is 2.92. The number of aromatic nitrogens is 3. The molecular weight excluding hydrogens is 388 g/mol. The zero-order valence-corrected chi connectivity index (χ0v) is 15.8. The average molecular weight is 408 g/mol. The molecule has 0 radical (unpaired) electrons. The Morgan fingerprint density at radius 2 is 2.04 bits per heavy atom. The van der Waals surface area contributed by atoms with Gasteiger partial charge < -0.3 is 5.73 Å². The molecular formula is C15H20ClF2N5O2S. The molecule has 1 saturated carbocycles. The second-order valence-corrected chi connectivity index (χ2v) is 8.92. The lowest BCUT2D eigenvalue weighted by Crippen LogP contribution is -2.39. The van der Waals surface area contributed by atoms with E-state index in [2.05, 4.69) is 10.1 Å². The van der Waals surface area contributed by atoms with Crippen LogP contribution in [0.25, 0.3) is 5.52 Å². The molecule has 4 rings (SSSR count). The van der Waals surface area contributed by atoms with Crippen molar-refractivity contribution < 1.29 is 17.2 Å². The van der Waals surface area contributed by atoms with Crippen molar-refractivity contribution in [1.29, 1.82) is 0 Å². The van der Waals surface area contributed by atoms with E-state index >= 15 is 0 Å². The van der Waals surface area contributed by atoms with E-state index in [1.54, 1.807) is 0 Å². The Morgan fingerprint density at radius 3 is 2.58 bits per heavy atom. The largest absolute Gasteiger partial charge is 0.367 e. The molecule has 2 N–H and O–H groups in total. The predicted octanol–water partition coefficient (Wildman–Crippen LogP) is 2.36. The number of nitrogens with two attached hydrogens (primary N) is 1. The highest BCUT2D eigenvalue weighted by Gasteiger charge is 2.32. The summed E-state index contributed by atoms with van der Waals surface area (Å²) >= 11 is 5.92. The Labute approximate surface area is 155 Å². The first-order chi connectivity index (χ1) is 12.2. The van der Waals surface area contributed by atoms with Crippen LogP contribution in [0.5, 0.6) is 0 Å². The molecule has 0 bridgehead atoms. The van der Waals surface area contributed by atoms with Crippen molar-refractivity contribution in [2.75, 3.05) is 25.1 Å². The monoisotopic (exact) mass is 407 g/mol. The molecule has 26 heavy (non-hydrogen) atoms. The van der Waals surface area contributed by atoms with Crippen molar-refractivity contribution in [1.82, 2.24) is 18.9 Å². The summed E-state index contributed by atoms with van der Waals surface area (Å²) in [5, 5.41) is 4.13. The van der Waals surface area contributed by atoms with Crippen molar-refractivity contribution in [2.24, 2.45) is 0 Å². The number of fused-ring (bicyclic) bond motifs is 1. The lowest BCUT2D eigenvalue weighted by molar-refractivity contribution is 0.203. The van der Waals surface area contributed by atoms with Crippen LogP contribution in [-0.2, 0) is 10.0 Å². The molecule has 3 heterocycles. The molecule has 1 aliphatic heterocycles. The fourth-order valence-corrected chi connectivity index (χ4v) is 4.14. The maximum absolute atomic E-state index is 13.7. The molecule has 2 aliphatic rings. The van der Waals surface area contributed by atoms with Crippen molar-refractivity contribution in [3.63, 3.8) is 0 Å². The summed E-state index contributed by atoms with van der Waals surface area (Å²) in [7, 11) is -3.17. The average Bonchev–Trinajstić information content (AvgIpc) is 3.36. The Balaban J connectivity index is 0.000000160. The zero-order chi connectivity index (χ0) is 19.1. The van der Waals surface area contributed by atoms with Gasteiger partial charge >= 0.3 is 0 Å². The topological polar surface area (TPSA) is 93.6 Å². The van der Waals surface area contributed by atoms with Crippen LogP contribution in [0, 0.1) is 5.82 Å². The minimum Gasteiger partial charge on any atom is -0.367 e. The van der Waals surface area contributed by atoms with Crippen LogP contribution < -0.4 is 5.73 Å². The van der Waals surface area contributed by atoms with Gasteiger partial charge in [-0.1, -0.05) is 11.6 Å². The number of anilines is 1. The number of alkyl halides is 1. The normalized spacial score (nSPS) is 21.5. The van der Waals surface area contributed by atoms with E-state index in [0.29, 0.717) is 25.3 Å². The van der Waals surface area contributed by atoms with Crippen molar-refractivity contribution >= 4 is 33.1 Å². The van der Waals surface area contributed by atoms with Gasteiger partial charge in [0.1, 0.15) is 16.7 Å². The standard InChI is InChI=1S/C9H8ClFN4.C6H12FNO2S/c10-6-7(11)5-3-13-9(12)14-15(5)8(6)4-1-2-4;1-11(9,10)8-4-2-3-6(7)5-8/h3-4H,1-2H2,(H2,12,14);6H,2-5H2,1H3. The second-order valence-electron chi connectivity index (χ2n) is 6.56. The van der Waals surface area contributed by atoms with Gasteiger partial charge in [-0.15, -0.1) is 5.10 Å². The maximum atomic E-state index is 13.7. The number of piperidine rings is 1. The molecule has 0 spiro atoms. The number of rotatable bonds is 2. The van der Waals surface area contributed by atoms with E-state index in [1.165, 1.54) is 15.0 Å².